The van der Waals surface area contributed by atoms with Crippen LogP contribution < -0.4 is 24.2 Å². The minimum atomic E-state index is -4.07. The predicted molar refractivity (Wildman–Crippen MR) is 118 cm³/mol. The van der Waals surface area contributed by atoms with Crippen molar-refractivity contribution >= 4 is 27.3 Å². The van der Waals surface area contributed by atoms with Crippen LogP contribution in [0.2, 0.25) is 0 Å². The Morgan fingerprint density at radius 3 is 2.03 bits per heavy atom. The number of benzene rings is 3. The number of hydrogen-bond donors (Lipinski definition) is 2. The second-order valence-electron chi connectivity index (χ2n) is 6.56. The fourth-order valence-corrected chi connectivity index (χ4v) is 4.08. The van der Waals surface area contributed by atoms with Gasteiger partial charge in [-0.2, -0.15) is 8.78 Å². The number of carbonyl (C=O) groups is 1. The van der Waals surface area contributed by atoms with Gasteiger partial charge in [-0.05, 0) is 66.7 Å². The number of halogens is 2. The van der Waals surface area contributed by atoms with Crippen molar-refractivity contribution in [1.29, 1.82) is 0 Å². The van der Waals surface area contributed by atoms with E-state index in [1.165, 1.54) is 68.8 Å². The predicted octanol–water partition coefficient (Wildman–Crippen LogP) is 4.36. The summed E-state index contributed by atoms with van der Waals surface area (Å²) in [5.74, 6) is -0.0317. The number of ether oxygens (including phenoxy) is 3. The normalized spacial score (nSPS) is 11.1. The lowest BCUT2D eigenvalue weighted by Crippen LogP contribution is -2.16. The Hall–Kier alpha value is -3.86. The minimum absolute atomic E-state index is 0.0718. The van der Waals surface area contributed by atoms with E-state index < -0.39 is 22.5 Å². The maximum atomic E-state index is 13.0. The first-order valence-corrected chi connectivity index (χ1v) is 10.9. The lowest BCUT2D eigenvalue weighted by atomic mass is 10.2. The molecule has 0 bridgehead atoms. The molecule has 0 aliphatic heterocycles. The molecule has 3 rings (SSSR count). The highest BCUT2D eigenvalue weighted by Gasteiger charge is 2.21. The molecule has 0 fully saturated rings. The summed E-state index contributed by atoms with van der Waals surface area (Å²) < 4.78 is 67.4. The lowest BCUT2D eigenvalue weighted by Gasteiger charge is -2.14. The number of alkyl halides is 2. The molecule has 0 aromatic heterocycles. The van der Waals surface area contributed by atoms with E-state index in [0.717, 1.165) is 0 Å². The molecule has 0 aliphatic rings. The van der Waals surface area contributed by atoms with E-state index in [9.17, 15) is 22.0 Å². The van der Waals surface area contributed by atoms with Gasteiger partial charge in [-0.3, -0.25) is 9.52 Å². The minimum Gasteiger partial charge on any atom is -0.497 e. The van der Waals surface area contributed by atoms with Crippen molar-refractivity contribution in [1.82, 2.24) is 0 Å². The molecule has 0 saturated carbocycles. The van der Waals surface area contributed by atoms with Crippen molar-refractivity contribution in [3.05, 3.63) is 72.3 Å². The standard InChI is InChI=1S/C22H20F2N2O6S/c1-30-17-10-5-15(6-11-17)26-33(28,29)20-13-16(7-12-19(20)31-2)25-21(27)14-3-8-18(9-4-14)32-22(23)24/h3-13,22,26H,1-2H3,(H,25,27). The number of carbonyl (C=O) groups excluding carboxylic acids is 1. The second-order valence-corrected chi connectivity index (χ2v) is 8.21. The molecule has 3 aromatic carbocycles. The summed E-state index contributed by atoms with van der Waals surface area (Å²) in [5, 5.41) is 2.57. The monoisotopic (exact) mass is 478 g/mol. The number of sulfonamides is 1. The van der Waals surface area contributed by atoms with E-state index in [0.29, 0.717) is 11.4 Å². The van der Waals surface area contributed by atoms with Gasteiger partial charge in [0.25, 0.3) is 15.9 Å². The largest absolute Gasteiger partial charge is 0.497 e. The quantitative estimate of drug-likeness (QED) is 0.474. The zero-order chi connectivity index (χ0) is 24.0. The summed E-state index contributed by atoms with van der Waals surface area (Å²) in [7, 11) is -1.25. The maximum absolute atomic E-state index is 13.0. The van der Waals surface area contributed by atoms with Crippen LogP contribution in [-0.2, 0) is 10.0 Å². The van der Waals surface area contributed by atoms with Gasteiger partial charge in [-0.25, -0.2) is 8.42 Å². The van der Waals surface area contributed by atoms with E-state index in [2.05, 4.69) is 14.8 Å². The first-order valence-electron chi connectivity index (χ1n) is 9.43. The Bertz CT molecular complexity index is 1220. The van der Waals surface area contributed by atoms with Gasteiger partial charge in [0.05, 0.1) is 14.2 Å². The van der Waals surface area contributed by atoms with Crippen LogP contribution in [0.5, 0.6) is 17.2 Å². The Morgan fingerprint density at radius 2 is 1.45 bits per heavy atom. The molecule has 33 heavy (non-hydrogen) atoms. The van der Waals surface area contributed by atoms with E-state index in [1.807, 2.05) is 0 Å². The highest BCUT2D eigenvalue weighted by molar-refractivity contribution is 7.92. The summed E-state index contributed by atoms with van der Waals surface area (Å²) in [6.07, 6.45) is 0. The third-order valence-electron chi connectivity index (χ3n) is 4.39. The molecule has 8 nitrogen and oxygen atoms in total. The average Bonchev–Trinajstić information content (AvgIpc) is 2.79. The molecule has 3 aromatic rings. The van der Waals surface area contributed by atoms with Crippen LogP contribution >= 0.6 is 0 Å². The highest BCUT2D eigenvalue weighted by atomic mass is 32.2. The molecule has 0 saturated heterocycles. The molecule has 11 heteroatoms. The van der Waals surface area contributed by atoms with Gasteiger partial charge < -0.3 is 19.5 Å². The molecule has 0 aliphatic carbocycles. The van der Waals surface area contributed by atoms with Crippen LogP contribution in [-0.4, -0.2) is 35.2 Å². The third-order valence-corrected chi connectivity index (χ3v) is 5.80. The van der Waals surface area contributed by atoms with E-state index >= 15 is 0 Å². The topological polar surface area (TPSA) is 103 Å². The van der Waals surface area contributed by atoms with Gasteiger partial charge in [0.2, 0.25) is 0 Å². The number of rotatable bonds is 9. The summed E-state index contributed by atoms with van der Waals surface area (Å²) in [4.78, 5) is 12.3. The van der Waals surface area contributed by atoms with Gasteiger partial charge in [0.15, 0.2) is 0 Å². The average molecular weight is 478 g/mol. The Kier molecular flexibility index (Phi) is 7.34. The maximum Gasteiger partial charge on any atom is 0.387 e. The molecule has 174 valence electrons. The number of amides is 1. The van der Waals surface area contributed by atoms with E-state index in [1.54, 1.807) is 12.1 Å². The number of nitrogens with one attached hydrogen (secondary N) is 2. The summed E-state index contributed by atoms with van der Waals surface area (Å²) >= 11 is 0. The van der Waals surface area contributed by atoms with Crippen LogP contribution in [0.4, 0.5) is 20.2 Å². The first kappa shape index (κ1) is 23.8. The molecule has 0 radical (unpaired) electrons. The van der Waals surface area contributed by atoms with Crippen LogP contribution in [0, 0.1) is 0 Å². The number of methoxy groups -OCH3 is 2. The molecular weight excluding hydrogens is 458 g/mol. The first-order chi connectivity index (χ1) is 15.7. The molecule has 1 amide bonds. The van der Waals surface area contributed by atoms with Crippen LogP contribution in [0.15, 0.2) is 71.6 Å². The zero-order valence-electron chi connectivity index (χ0n) is 17.5. The fraction of sp³-hybridized carbons (Fsp3) is 0.136. The fourth-order valence-electron chi connectivity index (χ4n) is 2.82. The second kappa shape index (κ2) is 10.2. The summed E-state index contributed by atoms with van der Waals surface area (Å²) in [6.45, 7) is -2.98. The molecule has 0 spiro atoms. The van der Waals surface area contributed by atoms with Gasteiger partial charge in [0.1, 0.15) is 22.1 Å². The number of hydrogen-bond acceptors (Lipinski definition) is 6. The third kappa shape index (κ3) is 6.10. The van der Waals surface area contributed by atoms with Gasteiger partial charge in [-0.1, -0.05) is 0 Å². The van der Waals surface area contributed by atoms with Crippen molar-refractivity contribution in [2.75, 3.05) is 24.3 Å². The lowest BCUT2D eigenvalue weighted by molar-refractivity contribution is -0.0498. The Balaban J connectivity index is 1.81. The Morgan fingerprint density at radius 1 is 0.848 bits per heavy atom. The van der Waals surface area contributed by atoms with Crippen LogP contribution in [0.1, 0.15) is 10.4 Å². The summed E-state index contributed by atoms with van der Waals surface area (Å²) in [6, 6.07) is 15.5. The van der Waals surface area contributed by atoms with E-state index in [-0.39, 0.29) is 27.6 Å². The molecule has 0 unspecified atom stereocenters. The van der Waals surface area contributed by atoms with Crippen molar-refractivity contribution in [2.24, 2.45) is 0 Å². The molecule has 0 heterocycles. The molecule has 0 atom stereocenters. The van der Waals surface area contributed by atoms with Crippen molar-refractivity contribution in [2.45, 2.75) is 11.5 Å². The zero-order valence-corrected chi connectivity index (χ0v) is 18.4. The van der Waals surface area contributed by atoms with Gasteiger partial charge in [0, 0.05) is 16.9 Å². The molecular formula is C22H20F2N2O6S. The van der Waals surface area contributed by atoms with Gasteiger partial charge in [-0.15, -0.1) is 0 Å². The SMILES string of the molecule is COc1ccc(NS(=O)(=O)c2cc(NC(=O)c3ccc(OC(F)F)cc3)ccc2OC)cc1. The van der Waals surface area contributed by atoms with Crippen molar-refractivity contribution in [3.63, 3.8) is 0 Å². The molecule has 2 N–H and O–H groups in total. The number of anilines is 2. The smallest absolute Gasteiger partial charge is 0.387 e. The van der Waals surface area contributed by atoms with Crippen molar-refractivity contribution in [3.8, 4) is 17.2 Å². The van der Waals surface area contributed by atoms with E-state index in [4.69, 9.17) is 9.47 Å². The summed E-state index contributed by atoms with van der Waals surface area (Å²) in [5.41, 5.74) is 0.649. The van der Waals surface area contributed by atoms with Gasteiger partial charge >= 0.3 is 6.61 Å². The highest BCUT2D eigenvalue weighted by Crippen LogP contribution is 2.29. The Labute approximate surface area is 189 Å². The van der Waals surface area contributed by atoms with Crippen LogP contribution in [0.3, 0.4) is 0 Å². The van der Waals surface area contributed by atoms with Crippen molar-refractivity contribution < 1.29 is 36.2 Å². The van der Waals surface area contributed by atoms with Crippen LogP contribution in [0.25, 0.3) is 0 Å².